The summed E-state index contributed by atoms with van der Waals surface area (Å²) in [6.07, 6.45) is -4.42. The average Bonchev–Trinajstić information content (AvgIpc) is 2.55. The Morgan fingerprint density at radius 1 is 1.08 bits per heavy atom. The number of hydrogen-bond donors (Lipinski definition) is 2. The fraction of sp³-hybridized carbons (Fsp3) is 0.176. The Kier molecular flexibility index (Phi) is 5.97. The summed E-state index contributed by atoms with van der Waals surface area (Å²) in [5.74, 6) is -0.432. The zero-order chi connectivity index (χ0) is 18.4. The highest BCUT2D eigenvalue weighted by atomic mass is 32.1. The second kappa shape index (κ2) is 7.98. The van der Waals surface area contributed by atoms with Gasteiger partial charge in [0.15, 0.2) is 5.11 Å². The molecule has 2 aromatic carbocycles. The second-order valence-corrected chi connectivity index (χ2v) is 5.36. The molecule has 2 aromatic rings. The van der Waals surface area contributed by atoms with Gasteiger partial charge in [-0.3, -0.25) is 0 Å². The number of ether oxygens (including phenoxy) is 1. The maximum atomic E-state index is 12.7. The molecule has 0 atom stereocenters. The van der Waals surface area contributed by atoms with Gasteiger partial charge >= 0.3 is 12.1 Å². The Morgan fingerprint density at radius 2 is 1.72 bits per heavy atom. The molecule has 0 unspecified atom stereocenters. The summed E-state index contributed by atoms with van der Waals surface area (Å²) in [6.45, 7) is 2.00. The van der Waals surface area contributed by atoms with Crippen LogP contribution in [0.4, 0.5) is 24.5 Å². The number of anilines is 2. The van der Waals surface area contributed by atoms with Crippen LogP contribution in [-0.2, 0) is 10.9 Å². The number of alkyl halides is 3. The molecule has 0 spiro atoms. The van der Waals surface area contributed by atoms with Gasteiger partial charge in [-0.15, -0.1) is 0 Å². The minimum atomic E-state index is -4.42. The Morgan fingerprint density at radius 3 is 2.32 bits per heavy atom. The lowest BCUT2D eigenvalue weighted by atomic mass is 10.2. The fourth-order valence-electron chi connectivity index (χ4n) is 1.97. The van der Waals surface area contributed by atoms with Crippen LogP contribution in [0, 0.1) is 0 Å². The van der Waals surface area contributed by atoms with Gasteiger partial charge in [0.2, 0.25) is 0 Å². The molecule has 0 bridgehead atoms. The molecule has 8 heteroatoms. The fourth-order valence-corrected chi connectivity index (χ4v) is 2.21. The van der Waals surface area contributed by atoms with Gasteiger partial charge < -0.3 is 15.4 Å². The molecule has 2 rings (SSSR count). The van der Waals surface area contributed by atoms with Gasteiger partial charge in [0.1, 0.15) is 0 Å². The summed E-state index contributed by atoms with van der Waals surface area (Å²) in [6, 6.07) is 11.1. The quantitative estimate of drug-likeness (QED) is 0.606. The first-order valence-corrected chi connectivity index (χ1v) is 7.73. The number of rotatable bonds is 4. The molecule has 0 aromatic heterocycles. The molecule has 0 heterocycles. The number of nitrogens with one attached hydrogen (secondary N) is 2. The van der Waals surface area contributed by atoms with E-state index in [0.29, 0.717) is 11.3 Å². The van der Waals surface area contributed by atoms with Crippen LogP contribution in [-0.4, -0.2) is 17.7 Å². The predicted molar refractivity (Wildman–Crippen MR) is 93.7 cm³/mol. The molecule has 0 aliphatic heterocycles. The van der Waals surface area contributed by atoms with Crippen molar-refractivity contribution in [2.75, 3.05) is 17.2 Å². The highest BCUT2D eigenvalue weighted by molar-refractivity contribution is 7.80. The average molecular weight is 368 g/mol. The van der Waals surface area contributed by atoms with Gasteiger partial charge in [-0.1, -0.05) is 6.07 Å². The van der Waals surface area contributed by atoms with Crippen LogP contribution >= 0.6 is 12.2 Å². The maximum Gasteiger partial charge on any atom is 0.416 e. The SMILES string of the molecule is CCOC(=O)c1ccc(NC(=S)Nc2cccc(C(F)(F)F)c2)cc1. The lowest BCUT2D eigenvalue weighted by Crippen LogP contribution is -2.19. The highest BCUT2D eigenvalue weighted by Crippen LogP contribution is 2.30. The number of hydrogen-bond acceptors (Lipinski definition) is 3. The topological polar surface area (TPSA) is 50.4 Å². The van der Waals surface area contributed by atoms with E-state index in [9.17, 15) is 18.0 Å². The van der Waals surface area contributed by atoms with Crippen molar-refractivity contribution in [1.29, 1.82) is 0 Å². The van der Waals surface area contributed by atoms with Gasteiger partial charge in [-0.2, -0.15) is 13.2 Å². The molecule has 0 amide bonds. The first-order valence-electron chi connectivity index (χ1n) is 7.32. The van der Waals surface area contributed by atoms with Crippen molar-refractivity contribution in [3.8, 4) is 0 Å². The zero-order valence-corrected chi connectivity index (χ0v) is 14.0. The van der Waals surface area contributed by atoms with Gasteiger partial charge in [-0.25, -0.2) is 4.79 Å². The van der Waals surface area contributed by atoms with E-state index in [0.717, 1.165) is 12.1 Å². The highest BCUT2D eigenvalue weighted by Gasteiger charge is 2.30. The van der Waals surface area contributed by atoms with Crippen LogP contribution < -0.4 is 10.6 Å². The Bertz CT molecular complexity index is 761. The van der Waals surface area contributed by atoms with Crippen LogP contribution in [0.2, 0.25) is 0 Å². The predicted octanol–water partition coefficient (Wildman–Crippen LogP) is 4.69. The molecule has 0 aliphatic carbocycles. The van der Waals surface area contributed by atoms with Crippen molar-refractivity contribution in [2.45, 2.75) is 13.1 Å². The summed E-state index contributed by atoms with van der Waals surface area (Å²) < 4.78 is 43.0. The van der Waals surface area contributed by atoms with Crippen molar-refractivity contribution < 1.29 is 22.7 Å². The summed E-state index contributed by atoms with van der Waals surface area (Å²) in [5, 5.41) is 5.65. The monoisotopic (exact) mass is 368 g/mol. The third-order valence-corrected chi connectivity index (χ3v) is 3.31. The molecule has 0 saturated carbocycles. The van der Waals surface area contributed by atoms with E-state index < -0.39 is 17.7 Å². The number of carbonyl (C=O) groups excluding carboxylic acids is 1. The third-order valence-electron chi connectivity index (χ3n) is 3.10. The van der Waals surface area contributed by atoms with E-state index in [1.165, 1.54) is 12.1 Å². The summed E-state index contributed by atoms with van der Waals surface area (Å²) in [7, 11) is 0. The molecule has 0 saturated heterocycles. The Hall–Kier alpha value is -2.61. The van der Waals surface area contributed by atoms with Gasteiger partial charge in [0.25, 0.3) is 0 Å². The van der Waals surface area contributed by atoms with Crippen molar-refractivity contribution in [2.24, 2.45) is 0 Å². The standard InChI is InChI=1S/C17H15F3N2O2S/c1-2-24-15(23)11-6-8-13(9-7-11)21-16(25)22-14-5-3-4-12(10-14)17(18,19)20/h3-10H,2H2,1H3,(H2,21,22,25). The van der Waals surface area contributed by atoms with Crippen LogP contribution in [0.3, 0.4) is 0 Å². The van der Waals surface area contributed by atoms with E-state index in [-0.39, 0.29) is 17.4 Å². The lowest BCUT2D eigenvalue weighted by molar-refractivity contribution is -0.137. The molecule has 4 nitrogen and oxygen atoms in total. The summed E-state index contributed by atoms with van der Waals surface area (Å²) >= 11 is 5.09. The summed E-state index contributed by atoms with van der Waals surface area (Å²) in [5.41, 5.74) is 0.427. The number of thiocarbonyl (C=S) groups is 1. The minimum absolute atomic E-state index is 0.128. The van der Waals surface area contributed by atoms with Crippen LogP contribution in [0.25, 0.3) is 0 Å². The van der Waals surface area contributed by atoms with Crippen molar-refractivity contribution in [3.63, 3.8) is 0 Å². The van der Waals surface area contributed by atoms with E-state index in [1.54, 1.807) is 31.2 Å². The first kappa shape index (κ1) is 18.7. The normalized spacial score (nSPS) is 10.9. The molecule has 0 aliphatic rings. The first-order chi connectivity index (χ1) is 11.8. The van der Waals surface area contributed by atoms with Crippen molar-refractivity contribution in [3.05, 3.63) is 59.7 Å². The molecule has 25 heavy (non-hydrogen) atoms. The van der Waals surface area contributed by atoms with E-state index in [2.05, 4.69) is 10.6 Å². The van der Waals surface area contributed by atoms with E-state index in [4.69, 9.17) is 17.0 Å². The minimum Gasteiger partial charge on any atom is -0.462 e. The van der Waals surface area contributed by atoms with Gasteiger partial charge in [0, 0.05) is 11.4 Å². The Labute approximate surface area is 148 Å². The zero-order valence-electron chi connectivity index (χ0n) is 13.2. The number of carbonyl (C=O) groups is 1. The van der Waals surface area contributed by atoms with E-state index >= 15 is 0 Å². The molecule has 0 radical (unpaired) electrons. The molecule has 2 N–H and O–H groups in total. The van der Waals surface area contributed by atoms with Crippen LogP contribution in [0.5, 0.6) is 0 Å². The second-order valence-electron chi connectivity index (χ2n) is 4.96. The lowest BCUT2D eigenvalue weighted by Gasteiger charge is -2.13. The number of esters is 1. The van der Waals surface area contributed by atoms with Crippen LogP contribution in [0.15, 0.2) is 48.5 Å². The molecular formula is C17H15F3N2O2S. The largest absolute Gasteiger partial charge is 0.462 e. The smallest absolute Gasteiger partial charge is 0.416 e. The van der Waals surface area contributed by atoms with E-state index in [1.807, 2.05) is 0 Å². The van der Waals surface area contributed by atoms with Crippen molar-refractivity contribution >= 4 is 34.7 Å². The third kappa shape index (κ3) is 5.46. The van der Waals surface area contributed by atoms with Gasteiger partial charge in [0.05, 0.1) is 17.7 Å². The van der Waals surface area contributed by atoms with Crippen molar-refractivity contribution in [1.82, 2.24) is 0 Å². The Balaban J connectivity index is 2.00. The number of halogens is 3. The number of benzene rings is 2. The van der Waals surface area contributed by atoms with Gasteiger partial charge in [-0.05, 0) is 61.6 Å². The molecule has 132 valence electrons. The van der Waals surface area contributed by atoms with Crippen LogP contribution in [0.1, 0.15) is 22.8 Å². The maximum absolute atomic E-state index is 12.7. The molecule has 0 fully saturated rings. The summed E-state index contributed by atoms with van der Waals surface area (Å²) in [4.78, 5) is 11.6. The molecular weight excluding hydrogens is 353 g/mol.